The molecule has 1 atom stereocenters. The minimum Gasteiger partial charge on any atom is -0.0912 e. The predicted octanol–water partition coefficient (Wildman–Crippen LogP) is 11.1. The van der Waals surface area contributed by atoms with Crippen LogP contribution in [0.4, 0.5) is 0 Å². The molecule has 0 aliphatic carbocycles. The number of hydrogen-bond donors (Lipinski definition) is 0. The zero-order valence-corrected chi connectivity index (χ0v) is 22.2. The number of allylic oxidation sites excluding steroid dienone is 2. The molecule has 0 amide bonds. The zero-order valence-electron chi connectivity index (χ0n) is 21.2. The SMILES string of the molecule is CCCCCCC/C=C/C[Si](C)(CCCCCCCC)CCCCCCCCC. The zero-order chi connectivity index (χ0) is 21.5. The van der Waals surface area contributed by atoms with E-state index in [0.717, 1.165) is 0 Å². The predicted molar refractivity (Wildman–Crippen MR) is 140 cm³/mol. The largest absolute Gasteiger partial charge is 0.0912 e. The third kappa shape index (κ3) is 21.0. The number of rotatable bonds is 23. The molecule has 174 valence electrons. The Kier molecular flexibility index (Phi) is 22.6. The van der Waals surface area contributed by atoms with Crippen LogP contribution in [0.1, 0.15) is 143 Å². The van der Waals surface area contributed by atoms with Crippen LogP contribution in [0.2, 0.25) is 24.7 Å². The molecular weight excluding hydrogens is 364 g/mol. The van der Waals surface area contributed by atoms with E-state index in [-0.39, 0.29) is 0 Å². The van der Waals surface area contributed by atoms with Gasteiger partial charge in [-0.15, -0.1) is 0 Å². The third-order valence-corrected chi connectivity index (χ3v) is 11.1. The Hall–Kier alpha value is -0.0431. The van der Waals surface area contributed by atoms with Crippen LogP contribution < -0.4 is 0 Å². The first-order valence-electron chi connectivity index (χ1n) is 13.8. The van der Waals surface area contributed by atoms with Crippen molar-refractivity contribution < 1.29 is 0 Å². The summed E-state index contributed by atoms with van der Waals surface area (Å²) >= 11 is 0. The van der Waals surface area contributed by atoms with Gasteiger partial charge in [-0.2, -0.15) is 0 Å². The Balaban J connectivity index is 4.14. The van der Waals surface area contributed by atoms with Crippen LogP contribution in [0, 0.1) is 0 Å². The Labute approximate surface area is 187 Å². The number of unbranched alkanes of at least 4 members (excludes halogenated alkanes) is 16. The van der Waals surface area contributed by atoms with Crippen LogP contribution in [0.3, 0.4) is 0 Å². The molecule has 0 nitrogen and oxygen atoms in total. The van der Waals surface area contributed by atoms with Crippen molar-refractivity contribution in [3.63, 3.8) is 0 Å². The first-order chi connectivity index (χ1) is 14.2. The van der Waals surface area contributed by atoms with E-state index >= 15 is 0 Å². The van der Waals surface area contributed by atoms with E-state index in [1.54, 1.807) is 12.1 Å². The van der Waals surface area contributed by atoms with Gasteiger partial charge in [0.05, 0.1) is 8.07 Å². The van der Waals surface area contributed by atoms with Gasteiger partial charge in [0.2, 0.25) is 0 Å². The van der Waals surface area contributed by atoms with Gasteiger partial charge in [-0.1, -0.05) is 161 Å². The maximum atomic E-state index is 2.72. The molecule has 0 aromatic heterocycles. The van der Waals surface area contributed by atoms with E-state index in [0.29, 0.717) is 0 Å². The second-order valence-electron chi connectivity index (χ2n) is 10.1. The van der Waals surface area contributed by atoms with Gasteiger partial charge in [0.15, 0.2) is 0 Å². The summed E-state index contributed by atoms with van der Waals surface area (Å²) in [6, 6.07) is 4.61. The van der Waals surface area contributed by atoms with Crippen LogP contribution in [-0.2, 0) is 0 Å². The highest BCUT2D eigenvalue weighted by molar-refractivity contribution is 6.79. The molecule has 0 aliphatic heterocycles. The number of hydrogen-bond acceptors (Lipinski definition) is 0. The molecular formula is C28H58Si. The maximum absolute atomic E-state index is 2.72. The highest BCUT2D eigenvalue weighted by Gasteiger charge is 2.24. The van der Waals surface area contributed by atoms with Crippen molar-refractivity contribution in [2.24, 2.45) is 0 Å². The van der Waals surface area contributed by atoms with Gasteiger partial charge >= 0.3 is 0 Å². The lowest BCUT2D eigenvalue weighted by Crippen LogP contribution is -2.28. The van der Waals surface area contributed by atoms with E-state index < -0.39 is 8.07 Å². The molecule has 0 saturated carbocycles. The van der Waals surface area contributed by atoms with Gasteiger partial charge < -0.3 is 0 Å². The fourth-order valence-corrected chi connectivity index (χ4v) is 8.12. The van der Waals surface area contributed by atoms with Gasteiger partial charge in [0.1, 0.15) is 0 Å². The van der Waals surface area contributed by atoms with Gasteiger partial charge in [0.25, 0.3) is 0 Å². The van der Waals surface area contributed by atoms with E-state index in [2.05, 4.69) is 39.5 Å². The van der Waals surface area contributed by atoms with Crippen LogP contribution in [-0.4, -0.2) is 8.07 Å². The fourth-order valence-electron chi connectivity index (χ4n) is 4.52. The monoisotopic (exact) mass is 422 g/mol. The van der Waals surface area contributed by atoms with Gasteiger partial charge in [0, 0.05) is 0 Å². The smallest absolute Gasteiger partial charge is 0.0542 e. The van der Waals surface area contributed by atoms with Crippen molar-refractivity contribution in [1.82, 2.24) is 0 Å². The Morgan fingerprint density at radius 1 is 0.448 bits per heavy atom. The van der Waals surface area contributed by atoms with Crippen molar-refractivity contribution in [1.29, 1.82) is 0 Å². The molecule has 1 heteroatoms. The molecule has 29 heavy (non-hydrogen) atoms. The Morgan fingerprint density at radius 3 is 1.28 bits per heavy atom. The molecule has 0 saturated heterocycles. The minimum absolute atomic E-state index is 1.06. The molecule has 0 heterocycles. The second-order valence-corrected chi connectivity index (χ2v) is 15.1. The van der Waals surface area contributed by atoms with Crippen molar-refractivity contribution in [2.75, 3.05) is 0 Å². The summed E-state index contributed by atoms with van der Waals surface area (Å²) in [6.45, 7) is 9.67. The summed E-state index contributed by atoms with van der Waals surface area (Å²) < 4.78 is 0. The lowest BCUT2D eigenvalue weighted by atomic mass is 10.1. The Morgan fingerprint density at radius 2 is 0.828 bits per heavy atom. The van der Waals surface area contributed by atoms with E-state index in [1.165, 1.54) is 128 Å². The van der Waals surface area contributed by atoms with Crippen LogP contribution in [0.5, 0.6) is 0 Å². The first kappa shape index (κ1) is 29.0. The molecule has 0 aliphatic rings. The molecule has 0 spiro atoms. The minimum atomic E-state index is -1.06. The molecule has 0 fully saturated rings. The summed E-state index contributed by atoms with van der Waals surface area (Å²) in [6.07, 6.45) is 32.5. The van der Waals surface area contributed by atoms with Gasteiger partial charge in [-0.05, 0) is 18.9 Å². The van der Waals surface area contributed by atoms with Gasteiger partial charge in [-0.3, -0.25) is 0 Å². The highest BCUT2D eigenvalue weighted by Crippen LogP contribution is 2.28. The van der Waals surface area contributed by atoms with E-state index in [4.69, 9.17) is 0 Å². The standard InChI is InChI=1S/C28H58Si/c1-5-8-11-14-17-19-22-25-28-29(4,26-23-20-16-13-10-7-3)27-24-21-18-15-12-9-6-2/h22,25H,5-21,23-24,26-28H2,1-4H3/b25-22+. The maximum Gasteiger partial charge on any atom is 0.0542 e. The Bertz CT molecular complexity index is 335. The first-order valence-corrected chi connectivity index (χ1v) is 17.0. The van der Waals surface area contributed by atoms with Crippen molar-refractivity contribution >= 4 is 8.07 Å². The summed E-state index contributed by atoms with van der Waals surface area (Å²) in [5.41, 5.74) is 0. The van der Waals surface area contributed by atoms with Crippen molar-refractivity contribution in [2.45, 2.75) is 167 Å². The lowest BCUT2D eigenvalue weighted by Gasteiger charge is -2.26. The third-order valence-electron chi connectivity index (χ3n) is 6.77. The van der Waals surface area contributed by atoms with Crippen LogP contribution >= 0.6 is 0 Å². The summed E-state index contributed by atoms with van der Waals surface area (Å²) in [4.78, 5) is 0. The molecule has 0 N–H and O–H groups in total. The molecule has 0 bridgehead atoms. The van der Waals surface area contributed by atoms with Crippen LogP contribution in [0.25, 0.3) is 0 Å². The molecule has 0 aromatic carbocycles. The van der Waals surface area contributed by atoms with Gasteiger partial charge in [-0.25, -0.2) is 0 Å². The molecule has 0 aromatic rings. The second kappa shape index (κ2) is 22.6. The average molecular weight is 423 g/mol. The normalized spacial score (nSPS) is 13.9. The topological polar surface area (TPSA) is 0 Å². The van der Waals surface area contributed by atoms with E-state index in [1.807, 2.05) is 0 Å². The summed E-state index contributed by atoms with van der Waals surface area (Å²) in [5, 5.41) is 0. The highest BCUT2D eigenvalue weighted by atomic mass is 28.3. The average Bonchev–Trinajstić information content (AvgIpc) is 2.72. The lowest BCUT2D eigenvalue weighted by molar-refractivity contribution is 0.598. The molecule has 0 rings (SSSR count). The molecule has 0 radical (unpaired) electrons. The van der Waals surface area contributed by atoms with E-state index in [9.17, 15) is 0 Å². The quantitative estimate of drug-likeness (QED) is 0.0872. The van der Waals surface area contributed by atoms with Crippen LogP contribution in [0.15, 0.2) is 12.2 Å². The van der Waals surface area contributed by atoms with Crippen molar-refractivity contribution in [3.05, 3.63) is 12.2 Å². The molecule has 1 unspecified atom stereocenters. The van der Waals surface area contributed by atoms with Crippen molar-refractivity contribution in [3.8, 4) is 0 Å². The summed E-state index contributed by atoms with van der Waals surface area (Å²) in [7, 11) is -1.06. The summed E-state index contributed by atoms with van der Waals surface area (Å²) in [5.74, 6) is 0. The fraction of sp³-hybridized carbons (Fsp3) is 0.929.